The van der Waals surface area contributed by atoms with Gasteiger partial charge in [0, 0.05) is 36.5 Å². The van der Waals surface area contributed by atoms with Crippen LogP contribution in [0.1, 0.15) is 44.6 Å². The van der Waals surface area contributed by atoms with E-state index in [0.717, 1.165) is 22.9 Å². The van der Waals surface area contributed by atoms with Gasteiger partial charge in [0.05, 0.1) is 23.0 Å². The number of alkyl halides is 3. The number of primary amides is 1. The van der Waals surface area contributed by atoms with Crippen LogP contribution in [0.3, 0.4) is 0 Å². The fourth-order valence-corrected chi connectivity index (χ4v) is 5.19. The van der Waals surface area contributed by atoms with E-state index in [1.165, 1.54) is 18.3 Å². The Kier molecular flexibility index (Phi) is 7.97. The average Bonchev–Trinajstić information content (AvgIpc) is 3.45. The molecule has 0 spiro atoms. The van der Waals surface area contributed by atoms with Crippen LogP contribution in [0.15, 0.2) is 54.7 Å². The Balaban J connectivity index is 1.52. The molecule has 3 heterocycles. The second-order valence-corrected chi connectivity index (χ2v) is 10.2. The van der Waals surface area contributed by atoms with Gasteiger partial charge in [0.2, 0.25) is 5.91 Å². The molecule has 1 atom stereocenters. The fourth-order valence-electron chi connectivity index (χ4n) is 5.19. The lowest BCUT2D eigenvalue weighted by atomic mass is 9.94. The van der Waals surface area contributed by atoms with E-state index in [2.05, 4.69) is 15.4 Å². The molecule has 5 rings (SSSR count). The molecule has 0 bridgehead atoms. The van der Waals surface area contributed by atoms with E-state index in [0.29, 0.717) is 17.2 Å². The van der Waals surface area contributed by atoms with Crippen molar-refractivity contribution in [3.8, 4) is 11.1 Å². The average molecular weight is 603 g/mol. The van der Waals surface area contributed by atoms with Gasteiger partial charge in [0.15, 0.2) is 5.69 Å². The molecular formula is C29H24F6N6O2. The van der Waals surface area contributed by atoms with Crippen molar-refractivity contribution in [1.29, 1.82) is 0 Å². The summed E-state index contributed by atoms with van der Waals surface area (Å²) in [5, 5.41) is 6.39. The van der Waals surface area contributed by atoms with Crippen molar-refractivity contribution < 1.29 is 35.9 Å². The first-order valence-corrected chi connectivity index (χ1v) is 12.9. The van der Waals surface area contributed by atoms with Crippen LogP contribution < -0.4 is 11.1 Å². The van der Waals surface area contributed by atoms with Crippen molar-refractivity contribution in [2.24, 2.45) is 5.73 Å². The van der Waals surface area contributed by atoms with Crippen LogP contribution in [-0.2, 0) is 37.0 Å². The van der Waals surface area contributed by atoms with E-state index in [-0.39, 0.29) is 42.0 Å². The van der Waals surface area contributed by atoms with Crippen LogP contribution in [0.25, 0.3) is 11.1 Å². The van der Waals surface area contributed by atoms with Crippen molar-refractivity contribution in [1.82, 2.24) is 25.0 Å². The van der Waals surface area contributed by atoms with Gasteiger partial charge in [-0.1, -0.05) is 12.1 Å². The summed E-state index contributed by atoms with van der Waals surface area (Å²) in [7, 11) is 1.64. The standard InChI is InChI=1S/C29H24F6N6O2/c1-40-12-21-24(13-40)41(39-27(21)29(33,34)35)14-25(42)38-23(9-15-7-17(30)11-18(31)8-15)26-19(3-2-6-37-26)16-4-5-22(32)20(10-16)28(36)43/h2-8,10-11,23H,9,12-14H2,1H3,(H2,36,43)(H,38,42). The number of benzene rings is 2. The molecule has 2 aromatic carbocycles. The zero-order valence-electron chi connectivity index (χ0n) is 22.6. The first kappa shape index (κ1) is 29.8. The van der Waals surface area contributed by atoms with Crippen LogP contribution in [-0.4, -0.2) is 38.5 Å². The maximum atomic E-state index is 14.2. The topological polar surface area (TPSA) is 106 Å². The van der Waals surface area contributed by atoms with Gasteiger partial charge in [-0.2, -0.15) is 18.3 Å². The molecule has 0 radical (unpaired) electrons. The van der Waals surface area contributed by atoms with Crippen LogP contribution in [0.2, 0.25) is 0 Å². The van der Waals surface area contributed by atoms with E-state index in [1.807, 2.05) is 0 Å². The number of aromatic nitrogens is 3. The molecule has 224 valence electrons. The van der Waals surface area contributed by atoms with E-state index in [9.17, 15) is 35.9 Å². The van der Waals surface area contributed by atoms with Gasteiger partial charge >= 0.3 is 6.18 Å². The number of carbonyl (C=O) groups excluding carboxylic acids is 2. The number of rotatable bonds is 8. The highest BCUT2D eigenvalue weighted by Crippen LogP contribution is 2.36. The van der Waals surface area contributed by atoms with Crippen LogP contribution in [0.4, 0.5) is 26.3 Å². The van der Waals surface area contributed by atoms with Gasteiger partial charge in [0.25, 0.3) is 5.91 Å². The molecule has 1 unspecified atom stereocenters. The predicted molar refractivity (Wildman–Crippen MR) is 141 cm³/mol. The van der Waals surface area contributed by atoms with E-state index in [4.69, 9.17) is 5.73 Å². The van der Waals surface area contributed by atoms with E-state index in [1.54, 1.807) is 24.1 Å². The Morgan fingerprint density at radius 1 is 1.05 bits per heavy atom. The molecule has 0 saturated heterocycles. The van der Waals surface area contributed by atoms with Crippen molar-refractivity contribution in [3.05, 3.63) is 106 Å². The van der Waals surface area contributed by atoms with Gasteiger partial charge < -0.3 is 11.1 Å². The molecule has 8 nitrogen and oxygen atoms in total. The first-order chi connectivity index (χ1) is 20.3. The normalized spacial score (nSPS) is 14.0. The Morgan fingerprint density at radius 3 is 2.44 bits per heavy atom. The molecule has 1 aliphatic heterocycles. The minimum absolute atomic E-state index is 0.0110. The summed E-state index contributed by atoms with van der Waals surface area (Å²) in [6, 6.07) is 8.49. The summed E-state index contributed by atoms with van der Waals surface area (Å²) in [4.78, 5) is 31.1. The van der Waals surface area contributed by atoms with E-state index < -0.39 is 59.3 Å². The molecule has 43 heavy (non-hydrogen) atoms. The summed E-state index contributed by atoms with van der Waals surface area (Å²) >= 11 is 0. The number of nitrogens with zero attached hydrogens (tertiary/aromatic N) is 4. The summed E-state index contributed by atoms with van der Waals surface area (Å²) in [5.74, 6) is -4.33. The highest BCUT2D eigenvalue weighted by Gasteiger charge is 2.41. The molecular weight excluding hydrogens is 578 g/mol. The molecule has 3 N–H and O–H groups in total. The van der Waals surface area contributed by atoms with Crippen LogP contribution in [0, 0.1) is 17.5 Å². The van der Waals surface area contributed by atoms with Crippen LogP contribution in [0.5, 0.6) is 0 Å². The second-order valence-electron chi connectivity index (χ2n) is 10.2. The summed E-state index contributed by atoms with van der Waals surface area (Å²) < 4.78 is 84.3. The number of carbonyl (C=O) groups is 2. The van der Waals surface area contributed by atoms with Gasteiger partial charge in [-0.3, -0.25) is 24.2 Å². The molecule has 14 heteroatoms. The number of pyridine rings is 1. The lowest BCUT2D eigenvalue weighted by Gasteiger charge is -2.22. The van der Waals surface area contributed by atoms with Gasteiger partial charge in [-0.25, -0.2) is 13.2 Å². The van der Waals surface area contributed by atoms with Crippen molar-refractivity contribution in [3.63, 3.8) is 0 Å². The minimum Gasteiger partial charge on any atom is -0.366 e. The maximum Gasteiger partial charge on any atom is 0.435 e. The Bertz CT molecular complexity index is 1700. The number of nitrogens with one attached hydrogen (secondary N) is 1. The smallest absolute Gasteiger partial charge is 0.366 e. The predicted octanol–water partition coefficient (Wildman–Crippen LogP) is 4.53. The molecule has 1 aliphatic rings. The molecule has 2 aromatic heterocycles. The largest absolute Gasteiger partial charge is 0.435 e. The number of nitrogens with two attached hydrogens (primary N) is 1. The van der Waals surface area contributed by atoms with Gasteiger partial charge in [0.1, 0.15) is 24.0 Å². The highest BCUT2D eigenvalue weighted by molar-refractivity contribution is 5.94. The molecule has 2 amide bonds. The van der Waals surface area contributed by atoms with Crippen molar-refractivity contribution in [2.75, 3.05) is 7.05 Å². The number of halogens is 6. The zero-order chi connectivity index (χ0) is 31.1. The van der Waals surface area contributed by atoms with Crippen molar-refractivity contribution >= 4 is 11.8 Å². The third kappa shape index (κ3) is 6.38. The summed E-state index contributed by atoms with van der Waals surface area (Å²) in [6.45, 7) is -0.415. The SMILES string of the molecule is CN1Cc2c(C(F)(F)F)nn(CC(=O)NC(Cc3cc(F)cc(F)c3)c3ncccc3-c3ccc(F)c(C(N)=O)c3)c2C1. The Labute approximate surface area is 241 Å². The molecule has 4 aromatic rings. The summed E-state index contributed by atoms with van der Waals surface area (Å²) in [5.41, 5.74) is 5.06. The number of hydrogen-bond donors (Lipinski definition) is 2. The molecule has 0 saturated carbocycles. The number of amides is 2. The van der Waals surface area contributed by atoms with E-state index >= 15 is 0 Å². The zero-order valence-corrected chi connectivity index (χ0v) is 22.6. The lowest BCUT2D eigenvalue weighted by Crippen LogP contribution is -2.34. The number of hydrogen-bond acceptors (Lipinski definition) is 5. The maximum absolute atomic E-state index is 14.2. The van der Waals surface area contributed by atoms with Crippen molar-refractivity contribution in [2.45, 2.75) is 38.3 Å². The minimum atomic E-state index is -4.72. The summed E-state index contributed by atoms with van der Waals surface area (Å²) in [6.07, 6.45) is -3.50. The molecule has 0 fully saturated rings. The Morgan fingerprint density at radius 2 is 1.77 bits per heavy atom. The highest BCUT2D eigenvalue weighted by atomic mass is 19.4. The van der Waals surface area contributed by atoms with Gasteiger partial charge in [-0.05, 0) is 54.9 Å². The lowest BCUT2D eigenvalue weighted by molar-refractivity contribution is -0.142. The van der Waals surface area contributed by atoms with Crippen LogP contribution >= 0.6 is 0 Å². The van der Waals surface area contributed by atoms with Gasteiger partial charge in [-0.15, -0.1) is 0 Å². The quantitative estimate of drug-likeness (QED) is 0.289. The third-order valence-corrected chi connectivity index (χ3v) is 6.98. The monoisotopic (exact) mass is 602 g/mol. The number of fused-ring (bicyclic) bond motifs is 1. The third-order valence-electron chi connectivity index (χ3n) is 6.98. The molecule has 0 aliphatic carbocycles. The fraction of sp³-hybridized carbons (Fsp3) is 0.241. The Hall–Kier alpha value is -4.72. The first-order valence-electron chi connectivity index (χ1n) is 12.9. The second kappa shape index (κ2) is 11.5.